The molecule has 5 rings (SSSR count). The number of hydrogen-bond donors (Lipinski definition) is 2. The summed E-state index contributed by atoms with van der Waals surface area (Å²) in [5.74, 6) is 0.912. The van der Waals surface area contributed by atoms with Gasteiger partial charge in [0.1, 0.15) is 5.82 Å². The van der Waals surface area contributed by atoms with Gasteiger partial charge in [0.2, 0.25) is 0 Å². The first-order chi connectivity index (χ1) is 15.2. The number of anilines is 2. The van der Waals surface area contributed by atoms with Gasteiger partial charge in [-0.05, 0) is 71.9 Å². The summed E-state index contributed by atoms with van der Waals surface area (Å²) in [4.78, 5) is 12.0. The van der Waals surface area contributed by atoms with Gasteiger partial charge in [-0.15, -0.1) is 0 Å². The Hall–Kier alpha value is -2.22. The minimum Gasteiger partial charge on any atom is -0.378 e. The minimum atomic E-state index is 0.332. The number of nitrogens with two attached hydrogens (primary N) is 1. The SMILES string of the molecule is NC1CCC(Nc2nc(-c3ccc(N4CCOCC4)c(Br)c3)cc3ncccc23)CC1. The molecule has 1 aliphatic carbocycles. The van der Waals surface area contributed by atoms with Crippen LogP contribution in [0.5, 0.6) is 0 Å². The average Bonchev–Trinajstić information content (AvgIpc) is 2.81. The summed E-state index contributed by atoms with van der Waals surface area (Å²) in [6.45, 7) is 3.37. The van der Waals surface area contributed by atoms with Crippen molar-refractivity contribution in [1.29, 1.82) is 0 Å². The summed E-state index contributed by atoms with van der Waals surface area (Å²) in [5.41, 5.74) is 10.2. The van der Waals surface area contributed by atoms with E-state index in [9.17, 15) is 0 Å². The third kappa shape index (κ3) is 4.54. The zero-order valence-electron chi connectivity index (χ0n) is 17.6. The van der Waals surface area contributed by atoms with Crippen LogP contribution in [-0.4, -0.2) is 48.4 Å². The van der Waals surface area contributed by atoms with Gasteiger partial charge in [0.25, 0.3) is 0 Å². The van der Waals surface area contributed by atoms with Gasteiger partial charge in [-0.2, -0.15) is 0 Å². The standard InChI is InChI=1S/C24H28BrN5O/c25-20-14-16(3-8-23(20)30-10-12-31-13-11-30)21-15-22-19(2-1-9-27-22)24(29-21)28-18-6-4-17(26)5-7-18/h1-3,8-9,14-15,17-18H,4-7,10-13,26H2,(H,28,29). The molecule has 6 nitrogen and oxygen atoms in total. The monoisotopic (exact) mass is 481 g/mol. The number of morpholine rings is 1. The van der Waals surface area contributed by atoms with E-state index in [0.717, 1.165) is 84.4 Å². The highest BCUT2D eigenvalue weighted by Gasteiger charge is 2.20. The zero-order valence-corrected chi connectivity index (χ0v) is 19.1. The summed E-state index contributed by atoms with van der Waals surface area (Å²) < 4.78 is 6.56. The molecule has 0 spiro atoms. The van der Waals surface area contributed by atoms with Gasteiger partial charge in [0.15, 0.2) is 0 Å². The fourth-order valence-corrected chi connectivity index (χ4v) is 5.15. The second kappa shape index (κ2) is 9.10. The second-order valence-electron chi connectivity index (χ2n) is 8.45. The number of nitrogens with zero attached hydrogens (tertiary/aromatic N) is 3. The van der Waals surface area contributed by atoms with E-state index in [1.54, 1.807) is 0 Å². The Balaban J connectivity index is 1.47. The normalized spacial score (nSPS) is 21.9. The summed E-state index contributed by atoms with van der Waals surface area (Å²) >= 11 is 3.78. The van der Waals surface area contributed by atoms with Crippen LogP contribution >= 0.6 is 15.9 Å². The molecule has 1 aromatic carbocycles. The molecule has 3 heterocycles. The highest BCUT2D eigenvalue weighted by Crippen LogP contribution is 2.34. The Morgan fingerprint density at radius 1 is 1.06 bits per heavy atom. The Morgan fingerprint density at radius 2 is 1.87 bits per heavy atom. The molecule has 7 heteroatoms. The molecule has 2 aromatic heterocycles. The van der Waals surface area contributed by atoms with Crippen molar-refractivity contribution in [3.8, 4) is 11.3 Å². The van der Waals surface area contributed by atoms with Crippen molar-refractivity contribution in [2.75, 3.05) is 36.5 Å². The first-order valence-corrected chi connectivity index (χ1v) is 11.9. The topological polar surface area (TPSA) is 76.3 Å². The van der Waals surface area contributed by atoms with Crippen molar-refractivity contribution in [3.05, 3.63) is 47.1 Å². The smallest absolute Gasteiger partial charge is 0.136 e. The van der Waals surface area contributed by atoms with Crippen LogP contribution in [0, 0.1) is 0 Å². The largest absolute Gasteiger partial charge is 0.378 e. The van der Waals surface area contributed by atoms with Crippen molar-refractivity contribution in [3.63, 3.8) is 0 Å². The van der Waals surface area contributed by atoms with E-state index in [0.29, 0.717) is 12.1 Å². The van der Waals surface area contributed by atoms with Crippen molar-refractivity contribution >= 4 is 38.3 Å². The van der Waals surface area contributed by atoms with E-state index in [1.165, 1.54) is 5.69 Å². The highest BCUT2D eigenvalue weighted by molar-refractivity contribution is 9.10. The first-order valence-electron chi connectivity index (χ1n) is 11.1. The number of fused-ring (bicyclic) bond motifs is 1. The van der Waals surface area contributed by atoms with Crippen LogP contribution in [0.4, 0.5) is 11.5 Å². The number of rotatable bonds is 4. The second-order valence-corrected chi connectivity index (χ2v) is 9.30. The Bertz CT molecular complexity index is 1060. The molecular weight excluding hydrogens is 454 g/mol. The van der Waals surface area contributed by atoms with Gasteiger partial charge < -0.3 is 20.7 Å². The molecule has 0 bridgehead atoms. The van der Waals surface area contributed by atoms with Crippen LogP contribution in [-0.2, 0) is 4.74 Å². The molecule has 1 aliphatic heterocycles. The van der Waals surface area contributed by atoms with Gasteiger partial charge in [-0.25, -0.2) is 4.98 Å². The Kier molecular flexibility index (Phi) is 6.07. The van der Waals surface area contributed by atoms with Crippen LogP contribution in [0.15, 0.2) is 47.1 Å². The maximum absolute atomic E-state index is 6.09. The van der Waals surface area contributed by atoms with Gasteiger partial charge >= 0.3 is 0 Å². The third-order valence-corrected chi connectivity index (χ3v) is 6.94. The van der Waals surface area contributed by atoms with Crippen molar-refractivity contribution in [2.45, 2.75) is 37.8 Å². The number of nitrogens with one attached hydrogen (secondary N) is 1. The van der Waals surface area contributed by atoms with Crippen LogP contribution < -0.4 is 16.0 Å². The van der Waals surface area contributed by atoms with Gasteiger partial charge in [0, 0.05) is 46.8 Å². The lowest BCUT2D eigenvalue weighted by atomic mass is 9.92. The number of pyridine rings is 2. The average molecular weight is 482 g/mol. The van der Waals surface area contributed by atoms with E-state index in [1.807, 2.05) is 12.3 Å². The summed E-state index contributed by atoms with van der Waals surface area (Å²) in [6, 6.07) is 13.4. The van der Waals surface area contributed by atoms with E-state index < -0.39 is 0 Å². The van der Waals surface area contributed by atoms with Gasteiger partial charge in [0.05, 0.1) is 30.1 Å². The summed E-state index contributed by atoms with van der Waals surface area (Å²) in [6.07, 6.45) is 6.11. The third-order valence-electron chi connectivity index (χ3n) is 6.31. The fourth-order valence-electron chi connectivity index (χ4n) is 4.52. The number of aromatic nitrogens is 2. The molecule has 3 N–H and O–H groups in total. The highest BCUT2D eigenvalue weighted by atomic mass is 79.9. The lowest BCUT2D eigenvalue weighted by molar-refractivity contribution is 0.122. The molecule has 2 fully saturated rings. The van der Waals surface area contributed by atoms with Crippen LogP contribution in [0.25, 0.3) is 22.2 Å². The first kappa shape index (κ1) is 20.7. The molecule has 0 unspecified atom stereocenters. The van der Waals surface area contributed by atoms with Crippen molar-refractivity contribution in [2.24, 2.45) is 5.73 Å². The molecule has 0 atom stereocenters. The number of halogens is 1. The van der Waals surface area contributed by atoms with E-state index in [-0.39, 0.29) is 0 Å². The Labute approximate surface area is 191 Å². The van der Waals surface area contributed by atoms with Crippen LogP contribution in [0.1, 0.15) is 25.7 Å². The molecule has 0 amide bonds. The van der Waals surface area contributed by atoms with Crippen molar-refractivity contribution < 1.29 is 4.74 Å². The summed E-state index contributed by atoms with van der Waals surface area (Å²) in [7, 11) is 0. The number of ether oxygens (including phenoxy) is 1. The zero-order chi connectivity index (χ0) is 21.2. The molecule has 0 radical (unpaired) electrons. The predicted octanol–water partition coefficient (Wildman–Crippen LogP) is 4.58. The minimum absolute atomic E-state index is 0.332. The van der Waals surface area contributed by atoms with E-state index in [4.69, 9.17) is 15.5 Å². The lowest BCUT2D eigenvalue weighted by Crippen LogP contribution is -2.36. The molecule has 162 valence electrons. The quantitative estimate of drug-likeness (QED) is 0.567. The molecule has 31 heavy (non-hydrogen) atoms. The molecule has 1 saturated carbocycles. The fraction of sp³-hybridized carbons (Fsp3) is 0.417. The van der Waals surface area contributed by atoms with E-state index in [2.05, 4.69) is 61.5 Å². The van der Waals surface area contributed by atoms with Crippen LogP contribution in [0.2, 0.25) is 0 Å². The predicted molar refractivity (Wildman–Crippen MR) is 130 cm³/mol. The number of benzene rings is 1. The maximum atomic E-state index is 6.09. The molecule has 2 aliphatic rings. The Morgan fingerprint density at radius 3 is 2.65 bits per heavy atom. The molecule has 1 saturated heterocycles. The maximum Gasteiger partial charge on any atom is 0.136 e. The van der Waals surface area contributed by atoms with E-state index >= 15 is 0 Å². The summed E-state index contributed by atoms with van der Waals surface area (Å²) in [5, 5.41) is 4.75. The lowest BCUT2D eigenvalue weighted by Gasteiger charge is -2.30. The number of hydrogen-bond acceptors (Lipinski definition) is 6. The molecular formula is C24H28BrN5O. The van der Waals surface area contributed by atoms with Crippen LogP contribution in [0.3, 0.4) is 0 Å². The van der Waals surface area contributed by atoms with Gasteiger partial charge in [-0.1, -0.05) is 6.07 Å². The molecule has 3 aromatic rings. The van der Waals surface area contributed by atoms with Gasteiger partial charge in [-0.3, -0.25) is 4.98 Å². The van der Waals surface area contributed by atoms with Crippen molar-refractivity contribution in [1.82, 2.24) is 9.97 Å².